The standard InChI is InChI=1S/C29H28N2O5S/c1-22(2)35-26-17-13-23(14-18-26)30-29(32)21-31(37(33,34)28-11-7-4-8-12-28)24-15-19-27(20-16-24)36-25-9-5-3-6-10-25/h3-20,22H,21H2,1-2H3,(H,30,32). The monoisotopic (exact) mass is 516 g/mol. The number of nitrogens with zero attached hydrogens (tertiary/aromatic N) is 1. The first-order valence-electron chi connectivity index (χ1n) is 11.8. The van der Waals surface area contributed by atoms with E-state index < -0.39 is 22.5 Å². The summed E-state index contributed by atoms with van der Waals surface area (Å²) in [5.74, 6) is 1.40. The topological polar surface area (TPSA) is 84.9 Å². The number of nitrogens with one attached hydrogen (secondary N) is 1. The molecule has 8 heteroatoms. The molecular formula is C29H28N2O5S. The fourth-order valence-corrected chi connectivity index (χ4v) is 5.00. The molecule has 4 aromatic carbocycles. The number of amides is 1. The minimum Gasteiger partial charge on any atom is -0.491 e. The van der Waals surface area contributed by atoms with Crippen molar-refractivity contribution in [2.45, 2.75) is 24.8 Å². The average molecular weight is 517 g/mol. The summed E-state index contributed by atoms with van der Waals surface area (Å²) in [4.78, 5) is 13.1. The molecule has 0 aliphatic rings. The molecule has 4 aromatic rings. The number of anilines is 2. The minimum atomic E-state index is -4.02. The quantitative estimate of drug-likeness (QED) is 0.275. The molecule has 7 nitrogen and oxygen atoms in total. The van der Waals surface area contributed by atoms with Crippen molar-refractivity contribution in [3.05, 3.63) is 109 Å². The molecule has 1 N–H and O–H groups in total. The molecular weight excluding hydrogens is 488 g/mol. The lowest BCUT2D eigenvalue weighted by atomic mass is 10.3. The largest absolute Gasteiger partial charge is 0.491 e. The zero-order chi connectivity index (χ0) is 26.3. The van der Waals surface area contributed by atoms with Crippen molar-refractivity contribution in [2.75, 3.05) is 16.2 Å². The van der Waals surface area contributed by atoms with Gasteiger partial charge in [-0.3, -0.25) is 9.10 Å². The van der Waals surface area contributed by atoms with Gasteiger partial charge in [0.25, 0.3) is 10.0 Å². The summed E-state index contributed by atoms with van der Waals surface area (Å²) in [6, 6.07) is 30.8. The van der Waals surface area contributed by atoms with Gasteiger partial charge >= 0.3 is 0 Å². The maximum Gasteiger partial charge on any atom is 0.264 e. The van der Waals surface area contributed by atoms with Gasteiger partial charge in [-0.2, -0.15) is 0 Å². The van der Waals surface area contributed by atoms with Crippen LogP contribution in [0.5, 0.6) is 17.2 Å². The van der Waals surface area contributed by atoms with E-state index in [-0.39, 0.29) is 11.0 Å². The van der Waals surface area contributed by atoms with E-state index in [1.54, 1.807) is 66.7 Å². The Kier molecular flexibility index (Phi) is 8.10. The van der Waals surface area contributed by atoms with E-state index in [0.29, 0.717) is 28.6 Å². The van der Waals surface area contributed by atoms with Crippen molar-refractivity contribution in [3.63, 3.8) is 0 Å². The van der Waals surface area contributed by atoms with Crippen LogP contribution in [0.4, 0.5) is 11.4 Å². The summed E-state index contributed by atoms with van der Waals surface area (Å²) in [6.07, 6.45) is 0.0293. The van der Waals surface area contributed by atoms with Crippen molar-refractivity contribution in [1.82, 2.24) is 0 Å². The van der Waals surface area contributed by atoms with Crippen molar-refractivity contribution < 1.29 is 22.7 Å². The molecule has 0 aliphatic carbocycles. The second-order valence-corrected chi connectivity index (χ2v) is 10.3. The third kappa shape index (κ3) is 6.89. The van der Waals surface area contributed by atoms with Crippen LogP contribution in [0.2, 0.25) is 0 Å². The fraction of sp³-hybridized carbons (Fsp3) is 0.138. The first-order chi connectivity index (χ1) is 17.8. The Morgan fingerprint density at radius 2 is 1.30 bits per heavy atom. The number of para-hydroxylation sites is 1. The van der Waals surface area contributed by atoms with Gasteiger partial charge in [0.2, 0.25) is 5.91 Å². The highest BCUT2D eigenvalue weighted by Crippen LogP contribution is 2.28. The highest BCUT2D eigenvalue weighted by Gasteiger charge is 2.27. The van der Waals surface area contributed by atoms with Crippen LogP contribution in [0.15, 0.2) is 114 Å². The van der Waals surface area contributed by atoms with Gasteiger partial charge in [0, 0.05) is 5.69 Å². The highest BCUT2D eigenvalue weighted by atomic mass is 32.2. The lowest BCUT2D eigenvalue weighted by Gasteiger charge is -2.24. The Balaban J connectivity index is 1.56. The van der Waals surface area contributed by atoms with Crippen LogP contribution in [-0.4, -0.2) is 27.0 Å². The maximum absolute atomic E-state index is 13.5. The maximum atomic E-state index is 13.5. The van der Waals surface area contributed by atoms with Crippen LogP contribution in [-0.2, 0) is 14.8 Å². The van der Waals surface area contributed by atoms with Crippen molar-refractivity contribution in [2.24, 2.45) is 0 Å². The number of rotatable bonds is 10. The van der Waals surface area contributed by atoms with Crippen molar-refractivity contribution >= 4 is 27.3 Å². The zero-order valence-electron chi connectivity index (χ0n) is 20.6. The first kappa shape index (κ1) is 25.8. The fourth-order valence-electron chi connectivity index (χ4n) is 3.56. The summed E-state index contributed by atoms with van der Waals surface area (Å²) >= 11 is 0. The molecule has 0 heterocycles. The number of hydrogen-bond acceptors (Lipinski definition) is 5. The Morgan fingerprint density at radius 1 is 0.757 bits per heavy atom. The van der Waals surface area contributed by atoms with E-state index in [1.165, 1.54) is 12.1 Å². The van der Waals surface area contributed by atoms with Crippen LogP contribution in [0.25, 0.3) is 0 Å². The van der Waals surface area contributed by atoms with Crippen LogP contribution in [0.1, 0.15) is 13.8 Å². The Labute approximate surface area is 217 Å². The molecule has 0 radical (unpaired) electrons. The van der Waals surface area contributed by atoms with Crippen molar-refractivity contribution in [1.29, 1.82) is 0 Å². The van der Waals surface area contributed by atoms with Crippen LogP contribution in [0.3, 0.4) is 0 Å². The van der Waals surface area contributed by atoms with E-state index in [9.17, 15) is 13.2 Å². The third-order valence-electron chi connectivity index (χ3n) is 5.23. The van der Waals surface area contributed by atoms with Gasteiger partial charge < -0.3 is 14.8 Å². The lowest BCUT2D eigenvalue weighted by Crippen LogP contribution is -2.38. The number of sulfonamides is 1. The van der Waals surface area contributed by atoms with Gasteiger partial charge in [0.1, 0.15) is 23.8 Å². The van der Waals surface area contributed by atoms with Crippen LogP contribution >= 0.6 is 0 Å². The minimum absolute atomic E-state index is 0.0293. The summed E-state index contributed by atoms with van der Waals surface area (Å²) in [7, 11) is -4.02. The van der Waals surface area contributed by atoms with Gasteiger partial charge in [-0.25, -0.2) is 8.42 Å². The van der Waals surface area contributed by atoms with Crippen LogP contribution in [0, 0.1) is 0 Å². The van der Waals surface area contributed by atoms with Gasteiger partial charge in [-0.15, -0.1) is 0 Å². The molecule has 0 bridgehead atoms. The SMILES string of the molecule is CC(C)Oc1ccc(NC(=O)CN(c2ccc(Oc3ccccc3)cc2)S(=O)(=O)c2ccccc2)cc1. The van der Waals surface area contributed by atoms with Crippen molar-refractivity contribution in [3.8, 4) is 17.2 Å². The van der Waals surface area contributed by atoms with E-state index in [4.69, 9.17) is 9.47 Å². The molecule has 4 rings (SSSR count). The molecule has 0 atom stereocenters. The molecule has 0 spiro atoms. The average Bonchev–Trinajstić information content (AvgIpc) is 2.90. The second-order valence-electron chi connectivity index (χ2n) is 8.47. The van der Waals surface area contributed by atoms with Crippen LogP contribution < -0.4 is 19.1 Å². The number of benzene rings is 4. The Morgan fingerprint density at radius 3 is 1.89 bits per heavy atom. The summed E-state index contributed by atoms with van der Waals surface area (Å²) in [6.45, 7) is 3.44. The molecule has 0 aliphatic heterocycles. The molecule has 0 saturated carbocycles. The van der Waals surface area contributed by atoms with E-state index >= 15 is 0 Å². The molecule has 37 heavy (non-hydrogen) atoms. The molecule has 0 saturated heterocycles. The summed E-state index contributed by atoms with van der Waals surface area (Å²) < 4.78 is 39.6. The van der Waals surface area contributed by atoms with E-state index in [0.717, 1.165) is 4.31 Å². The predicted octanol–water partition coefficient (Wildman–Crippen LogP) is 6.10. The van der Waals surface area contributed by atoms with Gasteiger partial charge in [-0.1, -0.05) is 36.4 Å². The molecule has 1 amide bonds. The lowest BCUT2D eigenvalue weighted by molar-refractivity contribution is -0.114. The Bertz CT molecular complexity index is 1410. The number of ether oxygens (including phenoxy) is 2. The predicted molar refractivity (Wildman–Crippen MR) is 145 cm³/mol. The highest BCUT2D eigenvalue weighted by molar-refractivity contribution is 7.92. The van der Waals surface area contributed by atoms with E-state index in [2.05, 4.69) is 5.32 Å². The summed E-state index contributed by atoms with van der Waals surface area (Å²) in [5, 5.41) is 2.77. The summed E-state index contributed by atoms with van der Waals surface area (Å²) in [5.41, 5.74) is 0.866. The van der Waals surface area contributed by atoms with Gasteiger partial charge in [0.15, 0.2) is 0 Å². The van der Waals surface area contributed by atoms with E-state index in [1.807, 2.05) is 44.2 Å². The Hall–Kier alpha value is -4.30. The molecule has 0 fully saturated rings. The van der Waals surface area contributed by atoms with Gasteiger partial charge in [-0.05, 0) is 86.6 Å². The number of carbonyl (C=O) groups is 1. The van der Waals surface area contributed by atoms with Gasteiger partial charge in [0.05, 0.1) is 16.7 Å². The first-order valence-corrected chi connectivity index (χ1v) is 13.2. The zero-order valence-corrected chi connectivity index (χ0v) is 21.4. The number of hydrogen-bond donors (Lipinski definition) is 1. The third-order valence-corrected chi connectivity index (χ3v) is 7.02. The second kappa shape index (κ2) is 11.6. The molecule has 190 valence electrons. The smallest absolute Gasteiger partial charge is 0.264 e. The normalized spacial score (nSPS) is 11.1. The number of carbonyl (C=O) groups excluding carboxylic acids is 1. The molecule has 0 unspecified atom stereocenters. The molecule has 0 aromatic heterocycles.